The molecule has 1 spiro atoms. The van der Waals surface area contributed by atoms with E-state index in [1.54, 1.807) is 24.2 Å². The van der Waals surface area contributed by atoms with Gasteiger partial charge in [0.2, 0.25) is 11.8 Å². The lowest BCUT2D eigenvalue weighted by Gasteiger charge is -2.53. The zero-order valence-electron chi connectivity index (χ0n) is 14.4. The quantitative estimate of drug-likeness (QED) is 0.780. The summed E-state index contributed by atoms with van der Waals surface area (Å²) in [4.78, 5) is 22.2. The van der Waals surface area contributed by atoms with Crippen LogP contribution in [0, 0.1) is 12.8 Å². The topological polar surface area (TPSA) is 64.6 Å². The predicted molar refractivity (Wildman–Crippen MR) is 93.3 cm³/mol. The van der Waals surface area contributed by atoms with Crippen molar-refractivity contribution in [2.45, 2.75) is 31.8 Å². The Balaban J connectivity index is 1.42. The molecule has 0 saturated carbocycles. The average Bonchev–Trinajstić information content (AvgIpc) is 2.53. The fraction of sp³-hybridized carbons (Fsp3) is 0.706. The zero-order valence-corrected chi connectivity index (χ0v) is 15.2. The normalized spacial score (nSPS) is 22.2. The van der Waals surface area contributed by atoms with Gasteiger partial charge in [-0.1, -0.05) is 0 Å². The van der Waals surface area contributed by atoms with Gasteiger partial charge in [0, 0.05) is 12.8 Å². The van der Waals surface area contributed by atoms with Crippen molar-refractivity contribution in [2.24, 2.45) is 5.92 Å². The van der Waals surface area contributed by atoms with E-state index in [1.165, 1.54) is 0 Å². The first-order chi connectivity index (χ1) is 11.6. The Bertz CT molecular complexity index is 578. The second kappa shape index (κ2) is 7.70. The average molecular weight is 351 g/mol. The van der Waals surface area contributed by atoms with Crippen molar-refractivity contribution in [3.63, 3.8) is 0 Å². The van der Waals surface area contributed by atoms with Crippen molar-refractivity contribution in [1.82, 2.24) is 14.9 Å². The molecule has 24 heavy (non-hydrogen) atoms. The number of aryl methyl sites for hydroxylation is 1. The molecule has 0 bridgehead atoms. The second-order valence-electron chi connectivity index (χ2n) is 6.71. The van der Waals surface area contributed by atoms with Gasteiger partial charge < -0.3 is 14.4 Å². The van der Waals surface area contributed by atoms with E-state index in [2.05, 4.69) is 9.97 Å². The number of hydrogen-bond donors (Lipinski definition) is 0. The molecule has 1 atom stereocenters. The Morgan fingerprint density at radius 2 is 2.33 bits per heavy atom. The molecule has 2 fully saturated rings. The number of nitrogens with zero attached hydrogens (tertiary/aromatic N) is 3. The number of ether oxygens (including phenoxy) is 2. The highest BCUT2D eigenvalue weighted by molar-refractivity contribution is 7.99. The third-order valence-corrected chi connectivity index (χ3v) is 5.22. The van der Waals surface area contributed by atoms with Gasteiger partial charge in [0.25, 0.3) is 0 Å². The number of likely N-dealkylation sites (tertiary alicyclic amines) is 1. The number of aromatic nitrogens is 2. The van der Waals surface area contributed by atoms with E-state index in [4.69, 9.17) is 9.47 Å². The minimum atomic E-state index is -0.111. The Labute approximate surface area is 147 Å². The molecular weight excluding hydrogens is 326 g/mol. The molecule has 3 heterocycles. The zero-order chi connectivity index (χ0) is 17.0. The van der Waals surface area contributed by atoms with Crippen LogP contribution in [0.15, 0.2) is 12.4 Å². The number of hydrogen-bond acceptors (Lipinski definition) is 6. The minimum Gasteiger partial charge on any atom is -0.477 e. The monoisotopic (exact) mass is 351 g/mol. The number of carbonyl (C=O) groups excluding carboxylic acids is 1. The number of carbonyl (C=O) groups is 1. The highest BCUT2D eigenvalue weighted by Crippen LogP contribution is 2.38. The van der Waals surface area contributed by atoms with Gasteiger partial charge in [0.05, 0.1) is 37.3 Å². The molecule has 0 radical (unpaired) electrons. The van der Waals surface area contributed by atoms with Crippen molar-refractivity contribution < 1.29 is 14.3 Å². The van der Waals surface area contributed by atoms with Crippen LogP contribution in [-0.2, 0) is 9.53 Å². The summed E-state index contributed by atoms with van der Waals surface area (Å²) in [6.07, 6.45) is 8.39. The van der Waals surface area contributed by atoms with E-state index in [-0.39, 0.29) is 11.5 Å². The fourth-order valence-corrected chi connectivity index (χ4v) is 3.91. The second-order valence-corrected chi connectivity index (χ2v) is 7.57. The standard InChI is InChI=1S/C17H25N3O3S/c1-13-8-18-9-15(19-13)22-5-3-14-4-6-23-17(7-14)11-20(12-17)16(21)10-24-2/h8-9,14H,3-7,10-12H2,1-2H3. The SMILES string of the molecule is CSCC(=O)N1CC2(CC(CCOc3cncc(C)n3)CCO2)C1. The maximum atomic E-state index is 11.9. The van der Waals surface area contributed by atoms with Gasteiger partial charge in [0.1, 0.15) is 5.60 Å². The van der Waals surface area contributed by atoms with Crippen molar-refractivity contribution in [1.29, 1.82) is 0 Å². The molecule has 7 heteroatoms. The number of rotatable bonds is 6. The third-order valence-electron chi connectivity index (χ3n) is 4.68. The summed E-state index contributed by atoms with van der Waals surface area (Å²) in [6, 6.07) is 0. The molecule has 3 rings (SSSR count). The van der Waals surface area contributed by atoms with E-state index in [0.717, 1.165) is 44.7 Å². The first kappa shape index (κ1) is 17.5. The van der Waals surface area contributed by atoms with Crippen LogP contribution in [0.25, 0.3) is 0 Å². The van der Waals surface area contributed by atoms with Gasteiger partial charge in [-0.25, -0.2) is 4.98 Å². The molecule has 0 aliphatic carbocycles. The van der Waals surface area contributed by atoms with Gasteiger partial charge in [0.15, 0.2) is 0 Å². The summed E-state index contributed by atoms with van der Waals surface area (Å²) in [5, 5.41) is 0. The van der Waals surface area contributed by atoms with E-state index in [9.17, 15) is 4.79 Å². The van der Waals surface area contributed by atoms with Crippen LogP contribution in [0.3, 0.4) is 0 Å². The highest BCUT2D eigenvalue weighted by atomic mass is 32.2. The van der Waals surface area contributed by atoms with Crippen LogP contribution < -0.4 is 4.74 Å². The minimum absolute atomic E-state index is 0.111. The summed E-state index contributed by atoms with van der Waals surface area (Å²) in [5.41, 5.74) is 0.752. The highest BCUT2D eigenvalue weighted by Gasteiger charge is 2.48. The molecule has 2 saturated heterocycles. The lowest BCUT2D eigenvalue weighted by atomic mass is 9.79. The fourth-order valence-electron chi connectivity index (χ4n) is 3.48. The van der Waals surface area contributed by atoms with Crippen molar-refractivity contribution in [3.05, 3.63) is 18.1 Å². The van der Waals surface area contributed by atoms with Gasteiger partial charge in [-0.3, -0.25) is 9.78 Å². The molecule has 2 aliphatic rings. The van der Waals surface area contributed by atoms with Crippen LogP contribution in [-0.4, -0.2) is 64.7 Å². The van der Waals surface area contributed by atoms with Crippen LogP contribution in [0.1, 0.15) is 25.0 Å². The molecule has 1 unspecified atom stereocenters. The number of amides is 1. The first-order valence-electron chi connectivity index (χ1n) is 8.42. The van der Waals surface area contributed by atoms with Gasteiger partial charge in [-0.2, -0.15) is 11.8 Å². The van der Waals surface area contributed by atoms with Crippen LogP contribution in [0.5, 0.6) is 5.88 Å². The van der Waals surface area contributed by atoms with Crippen LogP contribution in [0.2, 0.25) is 0 Å². The van der Waals surface area contributed by atoms with E-state index in [1.807, 2.05) is 18.1 Å². The molecule has 1 aromatic rings. The molecule has 6 nitrogen and oxygen atoms in total. The van der Waals surface area contributed by atoms with Crippen molar-refractivity contribution in [3.8, 4) is 5.88 Å². The first-order valence-corrected chi connectivity index (χ1v) is 9.82. The largest absolute Gasteiger partial charge is 0.477 e. The summed E-state index contributed by atoms with van der Waals surface area (Å²) in [6.45, 7) is 4.82. The molecule has 132 valence electrons. The Hall–Kier alpha value is -1.34. The lowest BCUT2D eigenvalue weighted by molar-refractivity contribution is -0.187. The molecule has 1 amide bonds. The van der Waals surface area contributed by atoms with E-state index < -0.39 is 0 Å². The molecule has 0 aromatic carbocycles. The van der Waals surface area contributed by atoms with Gasteiger partial charge in [-0.15, -0.1) is 0 Å². The third kappa shape index (κ3) is 4.19. The molecule has 0 N–H and O–H groups in total. The maximum absolute atomic E-state index is 11.9. The lowest BCUT2D eigenvalue weighted by Crippen LogP contribution is -2.66. The molecule has 2 aliphatic heterocycles. The Kier molecular flexibility index (Phi) is 5.61. The van der Waals surface area contributed by atoms with Gasteiger partial charge >= 0.3 is 0 Å². The summed E-state index contributed by atoms with van der Waals surface area (Å²) in [7, 11) is 0. The maximum Gasteiger partial charge on any atom is 0.232 e. The van der Waals surface area contributed by atoms with Crippen LogP contribution >= 0.6 is 11.8 Å². The van der Waals surface area contributed by atoms with Crippen LogP contribution in [0.4, 0.5) is 0 Å². The Morgan fingerprint density at radius 3 is 3.08 bits per heavy atom. The smallest absolute Gasteiger partial charge is 0.232 e. The summed E-state index contributed by atoms with van der Waals surface area (Å²) < 4.78 is 11.7. The van der Waals surface area contributed by atoms with Crippen molar-refractivity contribution in [2.75, 3.05) is 38.3 Å². The molecule has 1 aromatic heterocycles. The Morgan fingerprint density at radius 1 is 1.50 bits per heavy atom. The predicted octanol–water partition coefficient (Wildman–Crippen LogP) is 1.92. The van der Waals surface area contributed by atoms with E-state index in [0.29, 0.717) is 24.2 Å². The van der Waals surface area contributed by atoms with Crippen molar-refractivity contribution >= 4 is 17.7 Å². The summed E-state index contributed by atoms with van der Waals surface area (Å²) in [5.74, 6) is 1.95. The van der Waals surface area contributed by atoms with E-state index >= 15 is 0 Å². The summed E-state index contributed by atoms with van der Waals surface area (Å²) >= 11 is 1.57. The van der Waals surface area contributed by atoms with Gasteiger partial charge in [-0.05, 0) is 38.4 Å². The number of thioether (sulfide) groups is 1. The molecular formula is C17H25N3O3S.